The lowest BCUT2D eigenvalue weighted by Crippen LogP contribution is -2.51. The highest BCUT2D eigenvalue weighted by molar-refractivity contribution is 5.94. The molecule has 0 atom stereocenters. The number of hydrogen-bond donors (Lipinski definition) is 0. The minimum absolute atomic E-state index is 0.0761. The first-order valence-corrected chi connectivity index (χ1v) is 8.42. The summed E-state index contributed by atoms with van der Waals surface area (Å²) in [6.07, 6.45) is 0.379. The Kier molecular flexibility index (Phi) is 5.12. The molecule has 0 N–H and O–H groups in total. The molecular formula is C20H21FN2O2. The van der Waals surface area contributed by atoms with E-state index < -0.39 is 5.82 Å². The maximum Gasteiger partial charge on any atom is 0.254 e. The van der Waals surface area contributed by atoms with Gasteiger partial charge in [-0.05, 0) is 36.2 Å². The van der Waals surface area contributed by atoms with Crippen LogP contribution in [0.5, 0.6) is 0 Å². The number of halogens is 1. The Morgan fingerprint density at radius 2 is 1.64 bits per heavy atom. The van der Waals surface area contributed by atoms with E-state index in [9.17, 15) is 14.0 Å². The molecule has 130 valence electrons. The summed E-state index contributed by atoms with van der Waals surface area (Å²) in [6, 6.07) is 13.6. The molecule has 2 aromatic rings. The van der Waals surface area contributed by atoms with E-state index in [1.807, 2.05) is 31.2 Å². The van der Waals surface area contributed by atoms with Gasteiger partial charge in [0.1, 0.15) is 5.82 Å². The maximum absolute atomic E-state index is 13.3. The van der Waals surface area contributed by atoms with Crippen LogP contribution in [0, 0.1) is 12.7 Å². The average Bonchev–Trinajstić information content (AvgIpc) is 2.63. The largest absolute Gasteiger partial charge is 0.339 e. The van der Waals surface area contributed by atoms with Gasteiger partial charge in [0, 0.05) is 31.7 Å². The van der Waals surface area contributed by atoms with Crippen molar-refractivity contribution in [2.24, 2.45) is 0 Å². The van der Waals surface area contributed by atoms with Crippen LogP contribution in [-0.2, 0) is 11.2 Å². The quantitative estimate of drug-likeness (QED) is 0.862. The Balaban J connectivity index is 1.57. The summed E-state index contributed by atoms with van der Waals surface area (Å²) in [5.41, 5.74) is 2.49. The zero-order chi connectivity index (χ0) is 17.8. The minimum atomic E-state index is -0.419. The third kappa shape index (κ3) is 4.05. The third-order valence-electron chi connectivity index (χ3n) is 4.59. The number of nitrogens with zero attached hydrogens (tertiary/aromatic N) is 2. The number of carbonyl (C=O) groups excluding carboxylic acids is 2. The molecule has 0 bridgehead atoms. The molecular weight excluding hydrogens is 319 g/mol. The molecule has 1 heterocycles. The molecule has 0 aliphatic carbocycles. The number of hydrogen-bond acceptors (Lipinski definition) is 2. The van der Waals surface area contributed by atoms with E-state index in [2.05, 4.69) is 0 Å². The molecule has 25 heavy (non-hydrogen) atoms. The van der Waals surface area contributed by atoms with Gasteiger partial charge < -0.3 is 9.80 Å². The Labute approximate surface area is 146 Å². The van der Waals surface area contributed by atoms with Crippen molar-refractivity contribution in [3.63, 3.8) is 0 Å². The van der Waals surface area contributed by atoms with Crippen molar-refractivity contribution >= 4 is 11.8 Å². The second-order valence-corrected chi connectivity index (χ2v) is 6.29. The van der Waals surface area contributed by atoms with Gasteiger partial charge in [-0.25, -0.2) is 4.39 Å². The van der Waals surface area contributed by atoms with E-state index in [0.29, 0.717) is 38.2 Å². The first kappa shape index (κ1) is 17.1. The van der Waals surface area contributed by atoms with Gasteiger partial charge in [0.25, 0.3) is 5.91 Å². The number of rotatable bonds is 3. The highest BCUT2D eigenvalue weighted by Crippen LogP contribution is 2.13. The number of piperazine rings is 1. The molecule has 1 aliphatic heterocycles. The van der Waals surface area contributed by atoms with Crippen LogP contribution in [0.15, 0.2) is 48.5 Å². The lowest BCUT2D eigenvalue weighted by atomic mass is 10.1. The van der Waals surface area contributed by atoms with E-state index >= 15 is 0 Å². The number of amides is 2. The van der Waals surface area contributed by atoms with Gasteiger partial charge >= 0.3 is 0 Å². The molecule has 1 aliphatic rings. The molecule has 0 spiro atoms. The molecule has 1 saturated heterocycles. The monoisotopic (exact) mass is 340 g/mol. The average molecular weight is 340 g/mol. The van der Waals surface area contributed by atoms with Crippen LogP contribution < -0.4 is 0 Å². The number of benzene rings is 2. The first-order valence-electron chi connectivity index (χ1n) is 8.42. The highest BCUT2D eigenvalue weighted by Gasteiger charge is 2.25. The van der Waals surface area contributed by atoms with Crippen molar-refractivity contribution in [2.45, 2.75) is 13.3 Å². The predicted molar refractivity (Wildman–Crippen MR) is 93.8 cm³/mol. The molecule has 0 aromatic heterocycles. The van der Waals surface area contributed by atoms with E-state index in [-0.39, 0.29) is 11.8 Å². The fourth-order valence-corrected chi connectivity index (χ4v) is 3.05. The molecule has 0 radical (unpaired) electrons. The van der Waals surface area contributed by atoms with E-state index in [1.165, 1.54) is 18.2 Å². The SMILES string of the molecule is Cc1ccccc1CC(=O)N1CCN(C(=O)c2cccc(F)c2)CC1. The molecule has 0 unspecified atom stereocenters. The molecule has 5 heteroatoms. The van der Waals surface area contributed by atoms with E-state index in [1.54, 1.807) is 15.9 Å². The highest BCUT2D eigenvalue weighted by atomic mass is 19.1. The van der Waals surface area contributed by atoms with Gasteiger partial charge in [0.15, 0.2) is 0 Å². The van der Waals surface area contributed by atoms with Crippen LogP contribution in [0.4, 0.5) is 4.39 Å². The summed E-state index contributed by atoms with van der Waals surface area (Å²) in [5.74, 6) is -0.532. The van der Waals surface area contributed by atoms with Gasteiger partial charge in [-0.1, -0.05) is 30.3 Å². The summed E-state index contributed by atoms with van der Waals surface area (Å²) in [6.45, 7) is 3.94. The van der Waals surface area contributed by atoms with Crippen LogP contribution >= 0.6 is 0 Å². The summed E-state index contributed by atoms with van der Waals surface area (Å²) in [4.78, 5) is 28.4. The Bertz CT molecular complexity index is 783. The Morgan fingerprint density at radius 3 is 2.32 bits per heavy atom. The lowest BCUT2D eigenvalue weighted by Gasteiger charge is -2.35. The van der Waals surface area contributed by atoms with Gasteiger partial charge in [-0.3, -0.25) is 9.59 Å². The van der Waals surface area contributed by atoms with E-state index in [4.69, 9.17) is 0 Å². The van der Waals surface area contributed by atoms with Crippen LogP contribution in [0.2, 0.25) is 0 Å². The van der Waals surface area contributed by atoms with Crippen molar-refractivity contribution in [1.82, 2.24) is 9.80 Å². The van der Waals surface area contributed by atoms with Crippen molar-refractivity contribution in [2.75, 3.05) is 26.2 Å². The van der Waals surface area contributed by atoms with Crippen molar-refractivity contribution in [3.05, 3.63) is 71.0 Å². The standard InChI is InChI=1S/C20H21FN2O2/c1-15-5-2-3-6-16(15)14-19(24)22-9-11-23(12-10-22)20(25)17-7-4-8-18(21)13-17/h2-8,13H,9-12,14H2,1H3. The fraction of sp³-hybridized carbons (Fsp3) is 0.300. The molecule has 3 rings (SSSR count). The smallest absolute Gasteiger partial charge is 0.254 e. The molecule has 0 saturated carbocycles. The lowest BCUT2D eigenvalue weighted by molar-refractivity contribution is -0.131. The molecule has 4 nitrogen and oxygen atoms in total. The number of carbonyl (C=O) groups is 2. The summed E-state index contributed by atoms with van der Waals surface area (Å²) in [5, 5.41) is 0. The fourth-order valence-electron chi connectivity index (χ4n) is 3.05. The van der Waals surface area contributed by atoms with Crippen LogP contribution in [-0.4, -0.2) is 47.8 Å². The second-order valence-electron chi connectivity index (χ2n) is 6.29. The first-order chi connectivity index (χ1) is 12.0. The van der Waals surface area contributed by atoms with Crippen LogP contribution in [0.3, 0.4) is 0 Å². The van der Waals surface area contributed by atoms with Crippen molar-refractivity contribution < 1.29 is 14.0 Å². The van der Waals surface area contributed by atoms with Gasteiger partial charge in [0.2, 0.25) is 5.91 Å². The molecule has 2 amide bonds. The van der Waals surface area contributed by atoms with Gasteiger partial charge in [-0.15, -0.1) is 0 Å². The summed E-state index contributed by atoms with van der Waals surface area (Å²) in [7, 11) is 0. The molecule has 1 fully saturated rings. The van der Waals surface area contributed by atoms with Crippen LogP contribution in [0.25, 0.3) is 0 Å². The maximum atomic E-state index is 13.3. The number of aryl methyl sites for hydroxylation is 1. The van der Waals surface area contributed by atoms with Gasteiger partial charge in [-0.2, -0.15) is 0 Å². The third-order valence-corrected chi connectivity index (χ3v) is 4.59. The predicted octanol–water partition coefficient (Wildman–Crippen LogP) is 2.66. The zero-order valence-corrected chi connectivity index (χ0v) is 14.2. The van der Waals surface area contributed by atoms with Crippen molar-refractivity contribution in [1.29, 1.82) is 0 Å². The normalized spacial score (nSPS) is 14.5. The van der Waals surface area contributed by atoms with Crippen molar-refractivity contribution in [3.8, 4) is 0 Å². The van der Waals surface area contributed by atoms with E-state index in [0.717, 1.165) is 11.1 Å². The second kappa shape index (κ2) is 7.47. The summed E-state index contributed by atoms with van der Waals surface area (Å²) >= 11 is 0. The Morgan fingerprint density at radius 1 is 0.960 bits per heavy atom. The Hall–Kier alpha value is -2.69. The molecule has 2 aromatic carbocycles. The minimum Gasteiger partial charge on any atom is -0.339 e. The summed E-state index contributed by atoms with van der Waals surface area (Å²) < 4.78 is 13.3. The van der Waals surface area contributed by atoms with Crippen LogP contribution in [0.1, 0.15) is 21.5 Å². The van der Waals surface area contributed by atoms with Gasteiger partial charge in [0.05, 0.1) is 6.42 Å². The topological polar surface area (TPSA) is 40.6 Å². The zero-order valence-electron chi connectivity index (χ0n) is 14.2.